The van der Waals surface area contributed by atoms with Crippen molar-refractivity contribution in [3.05, 3.63) is 71.8 Å². The Bertz CT molecular complexity index is 946. The van der Waals surface area contributed by atoms with Crippen LogP contribution < -0.4 is 0 Å². The Morgan fingerprint density at radius 3 is 2.21 bits per heavy atom. The normalized spacial score (nSPS) is 30.0. The number of methoxy groups -OCH3 is 1. The fraction of sp³-hybridized carbons (Fsp3) is 0.391. The highest BCUT2D eigenvalue weighted by Crippen LogP contribution is 2.79. The number of carbonyl (C=O) groups excluding carboxylic acids is 2. The lowest BCUT2D eigenvalue weighted by Crippen LogP contribution is -2.51. The van der Waals surface area contributed by atoms with Crippen LogP contribution in [0, 0.1) is 5.41 Å². The van der Waals surface area contributed by atoms with Gasteiger partial charge in [0.25, 0.3) is 0 Å². The van der Waals surface area contributed by atoms with Crippen LogP contribution in [0.15, 0.2) is 60.7 Å². The van der Waals surface area contributed by atoms with Gasteiger partial charge in [0.2, 0.25) is 0 Å². The number of alkyl halides is 1. The number of rotatable bonds is 5. The summed E-state index contributed by atoms with van der Waals surface area (Å²) in [5.74, 6) is -0.502. The lowest BCUT2D eigenvalue weighted by atomic mass is 9.92. The second-order valence-corrected chi connectivity index (χ2v) is 8.64. The average Bonchev–Trinajstić information content (AvgIpc) is 3.65. The summed E-state index contributed by atoms with van der Waals surface area (Å²) in [7, 11) is 1.33. The van der Waals surface area contributed by atoms with Crippen LogP contribution in [0.25, 0.3) is 0 Å². The number of nitrogens with zero attached hydrogens (tertiary/aromatic N) is 1. The molecule has 3 fully saturated rings. The molecule has 5 rings (SSSR count). The highest BCUT2D eigenvalue weighted by atomic mass is 35.5. The molecule has 1 saturated heterocycles. The molecule has 2 aliphatic carbocycles. The third-order valence-electron chi connectivity index (χ3n) is 6.77. The zero-order valence-electron chi connectivity index (χ0n) is 16.1. The predicted octanol–water partition coefficient (Wildman–Crippen LogP) is 4.62. The maximum atomic E-state index is 13.3. The predicted molar refractivity (Wildman–Crippen MR) is 107 cm³/mol. The number of esters is 1. The summed E-state index contributed by atoms with van der Waals surface area (Å²) in [6.07, 6.45) is 1.71. The van der Waals surface area contributed by atoms with E-state index in [4.69, 9.17) is 21.1 Å². The molecule has 0 radical (unpaired) electrons. The van der Waals surface area contributed by atoms with E-state index in [2.05, 4.69) is 0 Å². The smallest absolute Gasteiger partial charge is 0.411 e. The molecule has 29 heavy (non-hydrogen) atoms. The van der Waals surface area contributed by atoms with Crippen molar-refractivity contribution in [2.45, 2.75) is 42.3 Å². The third kappa shape index (κ3) is 2.60. The summed E-state index contributed by atoms with van der Waals surface area (Å²) >= 11 is 6.68. The van der Waals surface area contributed by atoms with Gasteiger partial charge in [-0.15, -0.1) is 11.6 Å². The van der Waals surface area contributed by atoms with Crippen molar-refractivity contribution in [2.24, 2.45) is 5.41 Å². The van der Waals surface area contributed by atoms with Gasteiger partial charge >= 0.3 is 12.1 Å². The monoisotopic (exact) mass is 411 g/mol. The fourth-order valence-electron chi connectivity index (χ4n) is 5.11. The number of hydrogen-bond donors (Lipinski definition) is 0. The van der Waals surface area contributed by atoms with Crippen molar-refractivity contribution < 1.29 is 19.1 Å². The molecule has 2 aromatic carbocycles. The molecule has 2 saturated carbocycles. The van der Waals surface area contributed by atoms with Gasteiger partial charge in [0.15, 0.2) is 11.5 Å². The van der Waals surface area contributed by atoms with Crippen molar-refractivity contribution in [3.8, 4) is 0 Å². The van der Waals surface area contributed by atoms with Crippen LogP contribution in [0.2, 0.25) is 0 Å². The summed E-state index contributed by atoms with van der Waals surface area (Å²) in [6, 6.07) is 19.2. The highest BCUT2D eigenvalue weighted by molar-refractivity contribution is 6.31. The van der Waals surface area contributed by atoms with Gasteiger partial charge in [-0.3, -0.25) is 9.69 Å². The molecule has 4 atom stereocenters. The first-order valence-electron chi connectivity index (χ1n) is 9.86. The van der Waals surface area contributed by atoms with Crippen LogP contribution in [0.3, 0.4) is 0 Å². The summed E-state index contributed by atoms with van der Waals surface area (Å²) in [6.45, 7) is 0. The van der Waals surface area contributed by atoms with Gasteiger partial charge in [-0.25, -0.2) is 4.79 Å². The van der Waals surface area contributed by atoms with Crippen LogP contribution in [-0.4, -0.2) is 35.0 Å². The molecule has 0 bridgehead atoms. The number of ether oxygens (including phenoxy) is 2. The number of amides is 1. The molecule has 0 N–H and O–H groups in total. The minimum atomic E-state index is -0.928. The third-order valence-corrected chi connectivity index (χ3v) is 7.31. The van der Waals surface area contributed by atoms with E-state index in [0.717, 1.165) is 24.0 Å². The lowest BCUT2D eigenvalue weighted by Gasteiger charge is -2.35. The number of benzene rings is 2. The fourth-order valence-corrected chi connectivity index (χ4v) is 5.61. The quantitative estimate of drug-likeness (QED) is 0.532. The van der Waals surface area contributed by atoms with Crippen molar-refractivity contribution in [3.63, 3.8) is 0 Å². The average molecular weight is 412 g/mol. The van der Waals surface area contributed by atoms with Gasteiger partial charge in [-0.2, -0.15) is 0 Å². The van der Waals surface area contributed by atoms with E-state index >= 15 is 0 Å². The highest BCUT2D eigenvalue weighted by Gasteiger charge is 2.83. The number of carbonyl (C=O) groups is 2. The Hall–Kier alpha value is -2.53. The molecule has 2 aromatic rings. The Morgan fingerprint density at radius 2 is 1.69 bits per heavy atom. The number of cyclic esters (lactones) is 1. The Kier molecular flexibility index (Phi) is 4.14. The Morgan fingerprint density at radius 1 is 1.10 bits per heavy atom. The van der Waals surface area contributed by atoms with Crippen LogP contribution in [0.5, 0.6) is 0 Å². The van der Waals surface area contributed by atoms with Crippen molar-refractivity contribution in [1.82, 2.24) is 4.90 Å². The molecule has 0 aromatic heterocycles. The molecule has 1 amide bonds. The van der Waals surface area contributed by atoms with E-state index in [9.17, 15) is 9.59 Å². The lowest BCUT2D eigenvalue weighted by molar-refractivity contribution is -0.142. The summed E-state index contributed by atoms with van der Waals surface area (Å²) in [4.78, 5) is 27.4. The summed E-state index contributed by atoms with van der Waals surface area (Å²) < 4.78 is 10.9. The first kappa shape index (κ1) is 18.5. The van der Waals surface area contributed by atoms with Gasteiger partial charge in [-0.1, -0.05) is 60.7 Å². The van der Waals surface area contributed by atoms with E-state index in [0.29, 0.717) is 6.42 Å². The topological polar surface area (TPSA) is 55.8 Å². The minimum absolute atomic E-state index is 0.106. The van der Waals surface area contributed by atoms with E-state index in [1.54, 1.807) is 4.90 Å². The molecular weight excluding hydrogens is 390 g/mol. The molecule has 150 valence electrons. The standard InChI is InChI=1S/C23H22ClNO4/c1-28-20(26)19(24)23(14-22(23)12-13-22)25-17(15-8-4-2-5-9-15)18(29-21(25)27)16-10-6-3-7-11-16/h2-11,17-19H,12-14H2,1H3/t17-,18+,19?,23?/m1/s1. The Balaban J connectivity index is 1.63. The molecule has 1 aliphatic heterocycles. The molecule has 1 heterocycles. The second kappa shape index (κ2) is 6.49. The van der Waals surface area contributed by atoms with Gasteiger partial charge in [0.1, 0.15) is 6.04 Å². The molecule has 3 aliphatic rings. The SMILES string of the molecule is COC(=O)C(Cl)C1(N2C(=O)O[C@@H](c3ccccc3)[C@H]2c2ccccc2)CC12CC2. The van der Waals surface area contributed by atoms with Gasteiger partial charge in [-0.05, 0) is 35.8 Å². The van der Waals surface area contributed by atoms with E-state index in [-0.39, 0.29) is 11.5 Å². The van der Waals surface area contributed by atoms with E-state index < -0.39 is 29.1 Å². The number of halogens is 1. The minimum Gasteiger partial charge on any atom is -0.468 e. The molecular formula is C23H22ClNO4. The molecule has 5 nitrogen and oxygen atoms in total. The van der Waals surface area contributed by atoms with Crippen LogP contribution in [-0.2, 0) is 14.3 Å². The number of hydrogen-bond acceptors (Lipinski definition) is 4. The molecule has 2 unspecified atom stereocenters. The zero-order valence-corrected chi connectivity index (χ0v) is 16.8. The van der Waals surface area contributed by atoms with Crippen LogP contribution >= 0.6 is 11.6 Å². The maximum absolute atomic E-state index is 13.3. The Labute approximate surface area is 174 Å². The van der Waals surface area contributed by atoms with Crippen molar-refractivity contribution >= 4 is 23.7 Å². The maximum Gasteiger partial charge on any atom is 0.411 e. The molecule has 1 spiro atoms. The molecule has 6 heteroatoms. The first-order chi connectivity index (χ1) is 14.0. The van der Waals surface area contributed by atoms with E-state index in [1.165, 1.54) is 7.11 Å². The summed E-state index contributed by atoms with van der Waals surface area (Å²) in [5.41, 5.74) is 0.999. The van der Waals surface area contributed by atoms with Crippen LogP contribution in [0.1, 0.15) is 42.5 Å². The first-order valence-corrected chi connectivity index (χ1v) is 10.3. The van der Waals surface area contributed by atoms with Crippen molar-refractivity contribution in [2.75, 3.05) is 7.11 Å². The van der Waals surface area contributed by atoms with Gasteiger partial charge in [0, 0.05) is 0 Å². The second-order valence-electron chi connectivity index (χ2n) is 8.21. The zero-order chi connectivity index (χ0) is 20.2. The summed E-state index contributed by atoms with van der Waals surface area (Å²) in [5, 5.41) is -0.928. The van der Waals surface area contributed by atoms with Crippen LogP contribution in [0.4, 0.5) is 4.79 Å². The van der Waals surface area contributed by atoms with E-state index in [1.807, 2.05) is 60.7 Å². The van der Waals surface area contributed by atoms with Gasteiger partial charge in [0.05, 0.1) is 12.6 Å². The van der Waals surface area contributed by atoms with Crippen molar-refractivity contribution in [1.29, 1.82) is 0 Å². The van der Waals surface area contributed by atoms with Gasteiger partial charge < -0.3 is 9.47 Å². The largest absolute Gasteiger partial charge is 0.468 e.